The maximum absolute atomic E-state index is 12.4. The standard InChI is InChI=1S/C8H13F3N2OS/c1-6(2,3)15(14)13-7(4,12-5)8(9,10)11/h13H,1-4H3/t7-,15+/m0/s1. The van der Waals surface area contributed by atoms with Gasteiger partial charge in [0.1, 0.15) is 11.0 Å². The van der Waals surface area contributed by atoms with Gasteiger partial charge in [-0.25, -0.2) is 10.8 Å². The van der Waals surface area contributed by atoms with Gasteiger partial charge in [0.05, 0.1) is 4.75 Å². The van der Waals surface area contributed by atoms with Gasteiger partial charge in [0.2, 0.25) is 0 Å². The van der Waals surface area contributed by atoms with Gasteiger partial charge in [-0.3, -0.25) is 4.85 Å². The molecule has 0 heterocycles. The lowest BCUT2D eigenvalue weighted by Crippen LogP contribution is -2.55. The smallest absolute Gasteiger partial charge is 0.282 e. The second kappa shape index (κ2) is 4.10. The highest BCUT2D eigenvalue weighted by Gasteiger charge is 2.60. The van der Waals surface area contributed by atoms with E-state index in [0.29, 0.717) is 6.92 Å². The van der Waals surface area contributed by atoms with Gasteiger partial charge in [0, 0.05) is 6.92 Å². The molecule has 0 aromatic carbocycles. The summed E-state index contributed by atoms with van der Waals surface area (Å²) in [6, 6.07) is 0. The summed E-state index contributed by atoms with van der Waals surface area (Å²) in [6.45, 7) is 11.8. The Kier molecular flexibility index (Phi) is 3.93. The molecule has 88 valence electrons. The topological polar surface area (TPSA) is 33.5 Å². The Morgan fingerprint density at radius 3 is 1.80 bits per heavy atom. The maximum Gasteiger partial charge on any atom is 0.485 e. The van der Waals surface area contributed by atoms with Gasteiger partial charge in [-0.2, -0.15) is 17.9 Å². The lowest BCUT2D eigenvalue weighted by Gasteiger charge is -2.25. The van der Waals surface area contributed by atoms with Crippen LogP contribution in [-0.4, -0.2) is 20.8 Å². The van der Waals surface area contributed by atoms with Gasteiger partial charge < -0.3 is 0 Å². The van der Waals surface area contributed by atoms with E-state index in [2.05, 4.69) is 4.85 Å². The van der Waals surface area contributed by atoms with Gasteiger partial charge in [-0.15, -0.1) is 0 Å². The van der Waals surface area contributed by atoms with E-state index in [1.807, 2.05) is 4.72 Å². The highest BCUT2D eigenvalue weighted by Crippen LogP contribution is 2.32. The Labute approximate surface area is 89.5 Å². The zero-order valence-electron chi connectivity index (χ0n) is 8.90. The molecule has 0 aliphatic carbocycles. The molecule has 15 heavy (non-hydrogen) atoms. The Bertz CT molecular complexity index is 302. The first-order valence-corrected chi connectivity index (χ1v) is 5.24. The van der Waals surface area contributed by atoms with Gasteiger partial charge in [-0.1, -0.05) is 0 Å². The summed E-state index contributed by atoms with van der Waals surface area (Å²) in [7, 11) is -1.94. The highest BCUT2D eigenvalue weighted by molar-refractivity contribution is 7.84. The van der Waals surface area contributed by atoms with Crippen LogP contribution in [-0.2, 0) is 11.0 Å². The predicted molar refractivity (Wildman–Crippen MR) is 52.1 cm³/mol. The summed E-state index contributed by atoms with van der Waals surface area (Å²) in [5, 5.41) is 0. The number of nitrogens with zero attached hydrogens (tertiary/aromatic N) is 1. The Morgan fingerprint density at radius 2 is 1.60 bits per heavy atom. The molecule has 0 spiro atoms. The van der Waals surface area contributed by atoms with E-state index < -0.39 is 27.6 Å². The van der Waals surface area contributed by atoms with Crippen molar-refractivity contribution in [2.45, 2.75) is 44.3 Å². The molecule has 0 aliphatic heterocycles. The Hall–Kier alpha value is -0.610. The van der Waals surface area contributed by atoms with Crippen LogP contribution in [0.15, 0.2) is 0 Å². The van der Waals surface area contributed by atoms with Crippen LogP contribution in [0.5, 0.6) is 0 Å². The molecule has 0 radical (unpaired) electrons. The van der Waals surface area contributed by atoms with Crippen molar-refractivity contribution in [3.05, 3.63) is 11.4 Å². The molecule has 0 unspecified atom stereocenters. The molecule has 0 saturated heterocycles. The van der Waals surface area contributed by atoms with Crippen molar-refractivity contribution >= 4 is 11.0 Å². The van der Waals surface area contributed by atoms with E-state index in [9.17, 15) is 17.4 Å². The minimum atomic E-state index is -4.75. The molecule has 0 fully saturated rings. The van der Waals surface area contributed by atoms with Crippen LogP contribution >= 0.6 is 0 Å². The van der Waals surface area contributed by atoms with Crippen molar-refractivity contribution in [1.29, 1.82) is 0 Å². The van der Waals surface area contributed by atoms with E-state index in [1.165, 1.54) is 20.8 Å². The summed E-state index contributed by atoms with van der Waals surface area (Å²) >= 11 is 0. The van der Waals surface area contributed by atoms with E-state index in [0.717, 1.165) is 0 Å². The molecule has 1 N–H and O–H groups in total. The first-order valence-electron chi connectivity index (χ1n) is 4.09. The molecular weight excluding hydrogens is 229 g/mol. The van der Waals surface area contributed by atoms with E-state index in [4.69, 9.17) is 6.57 Å². The van der Waals surface area contributed by atoms with E-state index in [1.54, 1.807) is 0 Å². The van der Waals surface area contributed by atoms with Crippen LogP contribution in [0, 0.1) is 6.57 Å². The summed E-state index contributed by atoms with van der Waals surface area (Å²) < 4.78 is 49.7. The van der Waals surface area contributed by atoms with Crippen molar-refractivity contribution < 1.29 is 17.4 Å². The van der Waals surface area contributed by atoms with Crippen LogP contribution in [0.1, 0.15) is 27.7 Å². The zero-order valence-corrected chi connectivity index (χ0v) is 9.71. The molecule has 0 rings (SSSR count). The third kappa shape index (κ3) is 3.47. The molecule has 0 aliphatic rings. The Balaban J connectivity index is 4.94. The van der Waals surface area contributed by atoms with Gasteiger partial charge in [0.25, 0.3) is 0 Å². The molecule has 7 heteroatoms. The van der Waals surface area contributed by atoms with Crippen LogP contribution in [0.2, 0.25) is 0 Å². The molecule has 2 atom stereocenters. The summed E-state index contributed by atoms with van der Waals surface area (Å²) in [5.74, 6) is 0. The lowest BCUT2D eigenvalue weighted by molar-refractivity contribution is -0.171. The minimum absolute atomic E-state index is 0.670. The largest absolute Gasteiger partial charge is 0.485 e. The van der Waals surface area contributed by atoms with Gasteiger partial charge in [-0.05, 0) is 20.8 Å². The zero-order chi connectivity index (χ0) is 12.5. The lowest BCUT2D eigenvalue weighted by atomic mass is 10.2. The minimum Gasteiger partial charge on any atom is -0.282 e. The molecule has 0 bridgehead atoms. The maximum atomic E-state index is 12.4. The quantitative estimate of drug-likeness (QED) is 0.740. The molecule has 0 amide bonds. The average Bonchev–Trinajstić information content (AvgIpc) is 2.00. The van der Waals surface area contributed by atoms with E-state index in [-0.39, 0.29) is 0 Å². The third-order valence-electron chi connectivity index (χ3n) is 1.62. The molecule has 0 saturated carbocycles. The van der Waals surface area contributed by atoms with Crippen molar-refractivity contribution in [2.75, 3.05) is 0 Å². The fraction of sp³-hybridized carbons (Fsp3) is 0.875. The SMILES string of the molecule is [C-]#[N+][C@@](C)(N[S@](=O)C(C)(C)C)C(F)(F)F. The van der Waals surface area contributed by atoms with Crippen molar-refractivity contribution in [3.63, 3.8) is 0 Å². The van der Waals surface area contributed by atoms with Gasteiger partial charge in [0.15, 0.2) is 0 Å². The first kappa shape index (κ1) is 14.4. The van der Waals surface area contributed by atoms with Crippen molar-refractivity contribution in [3.8, 4) is 0 Å². The molecule has 0 aromatic heterocycles. The average molecular weight is 242 g/mol. The molecule has 3 nitrogen and oxygen atoms in total. The summed E-state index contributed by atoms with van der Waals surface area (Å²) in [6.07, 6.45) is -4.75. The van der Waals surface area contributed by atoms with Gasteiger partial charge >= 0.3 is 11.8 Å². The second-order valence-electron chi connectivity index (χ2n) is 4.16. The third-order valence-corrected chi connectivity index (χ3v) is 3.32. The predicted octanol–water partition coefficient (Wildman–Crippen LogP) is 2.24. The molecule has 0 aromatic rings. The number of hydrogen-bond donors (Lipinski definition) is 1. The van der Waals surface area contributed by atoms with Crippen LogP contribution in [0.3, 0.4) is 0 Å². The van der Waals surface area contributed by atoms with Crippen LogP contribution in [0.25, 0.3) is 4.85 Å². The van der Waals surface area contributed by atoms with Crippen LogP contribution < -0.4 is 4.72 Å². The fourth-order valence-electron chi connectivity index (χ4n) is 0.478. The second-order valence-corrected chi connectivity index (χ2v) is 6.13. The number of rotatable bonds is 2. The Morgan fingerprint density at radius 1 is 1.20 bits per heavy atom. The number of nitrogens with one attached hydrogen (secondary N) is 1. The fourth-order valence-corrected chi connectivity index (χ4v) is 1.31. The van der Waals surface area contributed by atoms with Crippen LogP contribution in [0.4, 0.5) is 13.2 Å². The van der Waals surface area contributed by atoms with Crippen molar-refractivity contribution in [1.82, 2.24) is 4.72 Å². The normalized spacial score (nSPS) is 19.1. The van der Waals surface area contributed by atoms with E-state index >= 15 is 0 Å². The summed E-state index contributed by atoms with van der Waals surface area (Å²) in [5.41, 5.74) is -2.80. The van der Waals surface area contributed by atoms with Crippen molar-refractivity contribution in [2.24, 2.45) is 0 Å². The number of halogens is 3. The number of hydrogen-bond acceptors (Lipinski definition) is 1. The number of alkyl halides is 3. The summed E-state index contributed by atoms with van der Waals surface area (Å²) in [4.78, 5) is 2.47. The first-order chi connectivity index (χ1) is 6.44. The monoisotopic (exact) mass is 242 g/mol. The molecular formula is C8H13F3N2OS. The highest BCUT2D eigenvalue weighted by atomic mass is 32.2.